The Morgan fingerprint density at radius 3 is 0.780 bits per heavy atom. The van der Waals surface area contributed by atoms with Crippen LogP contribution in [0, 0.1) is 0 Å². The zero-order valence-corrected chi connectivity index (χ0v) is 54.0. The second-order valence-electron chi connectivity index (χ2n) is 23.1. The normalized spacial score (nSPS) is 12.8. The molecular formula is C76H130O6. The first-order valence-electron chi connectivity index (χ1n) is 34.9. The molecule has 6 nitrogen and oxygen atoms in total. The highest BCUT2D eigenvalue weighted by atomic mass is 16.6. The van der Waals surface area contributed by atoms with Gasteiger partial charge < -0.3 is 14.2 Å². The van der Waals surface area contributed by atoms with Gasteiger partial charge in [0, 0.05) is 19.3 Å². The largest absolute Gasteiger partial charge is 0.462 e. The van der Waals surface area contributed by atoms with Crippen molar-refractivity contribution in [2.45, 2.75) is 341 Å². The van der Waals surface area contributed by atoms with Crippen LogP contribution in [0.1, 0.15) is 335 Å². The Kier molecular flexibility index (Phi) is 66.2. The SMILES string of the molecule is CC/C=C\C/C=C\C/C=C\C/C=C\C/C=C\C/C=C\C/C=C\CCCCCCCCCC(=O)OCC(COC(=O)CCCCCCC/C=C\CCCCC)OC(=O)CCCCCCCCCCCCC/C=C\CCCCCCCCCC. The Morgan fingerprint density at radius 1 is 0.256 bits per heavy atom. The summed E-state index contributed by atoms with van der Waals surface area (Å²) in [5.74, 6) is -0.894. The van der Waals surface area contributed by atoms with Crippen LogP contribution >= 0.6 is 0 Å². The average molecular weight is 1140 g/mol. The van der Waals surface area contributed by atoms with Crippen molar-refractivity contribution in [2.75, 3.05) is 13.2 Å². The lowest BCUT2D eigenvalue weighted by Gasteiger charge is -2.18. The first kappa shape index (κ1) is 78.1. The second kappa shape index (κ2) is 69.6. The van der Waals surface area contributed by atoms with E-state index in [-0.39, 0.29) is 31.1 Å². The fourth-order valence-corrected chi connectivity index (χ4v) is 9.77. The molecule has 0 rings (SSSR count). The number of ether oxygens (including phenoxy) is 3. The smallest absolute Gasteiger partial charge is 0.306 e. The van der Waals surface area contributed by atoms with Gasteiger partial charge in [0.2, 0.25) is 0 Å². The lowest BCUT2D eigenvalue weighted by atomic mass is 10.0. The maximum absolute atomic E-state index is 12.9. The van der Waals surface area contributed by atoms with Crippen LogP contribution in [0.3, 0.4) is 0 Å². The van der Waals surface area contributed by atoms with Crippen molar-refractivity contribution < 1.29 is 28.6 Å². The maximum Gasteiger partial charge on any atom is 0.306 e. The quantitative estimate of drug-likeness (QED) is 0.0261. The molecule has 0 aromatic rings. The van der Waals surface area contributed by atoms with Gasteiger partial charge in [-0.05, 0) is 128 Å². The second-order valence-corrected chi connectivity index (χ2v) is 23.1. The van der Waals surface area contributed by atoms with Crippen LogP contribution in [0.25, 0.3) is 0 Å². The lowest BCUT2D eigenvalue weighted by Crippen LogP contribution is -2.30. The van der Waals surface area contributed by atoms with Crippen molar-refractivity contribution in [1.82, 2.24) is 0 Å². The minimum Gasteiger partial charge on any atom is -0.462 e. The zero-order chi connectivity index (χ0) is 59.2. The van der Waals surface area contributed by atoms with Crippen LogP contribution in [0.2, 0.25) is 0 Å². The van der Waals surface area contributed by atoms with E-state index >= 15 is 0 Å². The van der Waals surface area contributed by atoms with E-state index in [2.05, 4.69) is 130 Å². The number of carbonyl (C=O) groups is 3. The van der Waals surface area contributed by atoms with E-state index in [0.717, 1.165) is 116 Å². The van der Waals surface area contributed by atoms with E-state index in [1.54, 1.807) is 0 Å². The Labute approximate surface area is 508 Å². The topological polar surface area (TPSA) is 78.9 Å². The van der Waals surface area contributed by atoms with Crippen molar-refractivity contribution >= 4 is 17.9 Å². The predicted molar refractivity (Wildman–Crippen MR) is 357 cm³/mol. The molecule has 0 aromatic carbocycles. The number of carbonyl (C=O) groups excluding carboxylic acids is 3. The summed E-state index contributed by atoms with van der Waals surface area (Å²) in [5.41, 5.74) is 0. The molecule has 0 aliphatic rings. The first-order chi connectivity index (χ1) is 40.5. The van der Waals surface area contributed by atoms with Crippen molar-refractivity contribution in [3.63, 3.8) is 0 Å². The van der Waals surface area contributed by atoms with Gasteiger partial charge in [-0.3, -0.25) is 14.4 Å². The van der Waals surface area contributed by atoms with Gasteiger partial charge in [0.1, 0.15) is 13.2 Å². The summed E-state index contributed by atoms with van der Waals surface area (Å²) in [7, 11) is 0. The van der Waals surface area contributed by atoms with E-state index in [0.29, 0.717) is 19.3 Å². The first-order valence-corrected chi connectivity index (χ1v) is 34.9. The third-order valence-corrected chi connectivity index (χ3v) is 15.0. The summed E-state index contributed by atoms with van der Waals surface area (Å²) in [4.78, 5) is 38.4. The minimum atomic E-state index is -0.789. The van der Waals surface area contributed by atoms with E-state index in [1.807, 2.05) is 0 Å². The summed E-state index contributed by atoms with van der Waals surface area (Å²) in [6.07, 6.45) is 95.4. The van der Waals surface area contributed by atoms with Crippen LogP contribution < -0.4 is 0 Å². The molecule has 0 saturated heterocycles. The molecule has 0 aliphatic carbocycles. The molecule has 0 spiro atoms. The molecule has 0 bridgehead atoms. The van der Waals surface area contributed by atoms with Crippen molar-refractivity contribution in [3.05, 3.63) is 109 Å². The molecule has 1 atom stereocenters. The fraction of sp³-hybridized carbons (Fsp3) is 0.724. The Hall–Kier alpha value is -3.93. The maximum atomic E-state index is 12.9. The van der Waals surface area contributed by atoms with E-state index in [9.17, 15) is 14.4 Å². The molecule has 0 amide bonds. The summed E-state index contributed by atoms with van der Waals surface area (Å²) >= 11 is 0. The standard InChI is InChI=1S/C76H130O6/c1-4-7-10-13-16-19-22-25-27-29-31-33-35-36-37-38-39-40-42-43-45-47-49-51-54-57-60-63-66-69-75(78)81-72-73(71-80-74(77)68-65-62-59-56-53-24-21-18-15-12-9-6-3)82-76(79)70-67-64-61-58-55-52-50-48-46-44-41-34-32-30-28-26-23-20-17-14-11-8-5-2/h7,10,16,18-19,21,25,27,30-33,36-37,39-40,43,45,73H,4-6,8-9,11-15,17,20,22-24,26,28-29,34-35,38,41-42,44,46-72H2,1-3H3/b10-7-,19-16-,21-18-,27-25-,32-30-,33-31-,37-36-,40-39-,45-43-. The van der Waals surface area contributed by atoms with Gasteiger partial charge in [-0.15, -0.1) is 0 Å². The summed E-state index contributed by atoms with van der Waals surface area (Å²) in [5, 5.41) is 0. The van der Waals surface area contributed by atoms with Crippen LogP contribution in [0.15, 0.2) is 109 Å². The highest BCUT2D eigenvalue weighted by molar-refractivity contribution is 5.71. The molecule has 0 saturated carbocycles. The van der Waals surface area contributed by atoms with Crippen LogP contribution in [-0.2, 0) is 28.6 Å². The number of allylic oxidation sites excluding steroid dienone is 18. The van der Waals surface area contributed by atoms with E-state index in [1.165, 1.54) is 180 Å². The molecule has 0 heterocycles. The summed E-state index contributed by atoms with van der Waals surface area (Å²) < 4.78 is 16.9. The zero-order valence-electron chi connectivity index (χ0n) is 54.0. The molecule has 0 N–H and O–H groups in total. The summed E-state index contributed by atoms with van der Waals surface area (Å²) in [6, 6.07) is 0. The molecule has 82 heavy (non-hydrogen) atoms. The van der Waals surface area contributed by atoms with E-state index < -0.39 is 6.10 Å². The number of unbranched alkanes of at least 4 members (excludes halogenated alkanes) is 34. The van der Waals surface area contributed by atoms with Crippen molar-refractivity contribution in [3.8, 4) is 0 Å². The highest BCUT2D eigenvalue weighted by Gasteiger charge is 2.19. The molecule has 0 aromatic heterocycles. The number of hydrogen-bond acceptors (Lipinski definition) is 6. The molecule has 0 fully saturated rings. The number of esters is 3. The molecule has 6 heteroatoms. The number of rotatable bonds is 63. The van der Waals surface area contributed by atoms with Gasteiger partial charge in [0.15, 0.2) is 6.10 Å². The third-order valence-electron chi connectivity index (χ3n) is 15.0. The van der Waals surface area contributed by atoms with Crippen LogP contribution in [0.5, 0.6) is 0 Å². The van der Waals surface area contributed by atoms with Crippen molar-refractivity contribution in [1.29, 1.82) is 0 Å². The van der Waals surface area contributed by atoms with Gasteiger partial charge in [-0.1, -0.05) is 297 Å². The summed E-state index contributed by atoms with van der Waals surface area (Å²) in [6.45, 7) is 6.52. The highest BCUT2D eigenvalue weighted by Crippen LogP contribution is 2.16. The Morgan fingerprint density at radius 2 is 0.476 bits per heavy atom. The molecule has 1 unspecified atom stereocenters. The molecule has 0 aliphatic heterocycles. The average Bonchev–Trinajstić information content (AvgIpc) is 3.47. The van der Waals surface area contributed by atoms with Crippen molar-refractivity contribution in [2.24, 2.45) is 0 Å². The van der Waals surface area contributed by atoms with Gasteiger partial charge in [-0.2, -0.15) is 0 Å². The Balaban J connectivity index is 4.30. The van der Waals surface area contributed by atoms with Gasteiger partial charge in [-0.25, -0.2) is 0 Å². The fourth-order valence-electron chi connectivity index (χ4n) is 9.77. The van der Waals surface area contributed by atoms with Gasteiger partial charge in [0.05, 0.1) is 0 Å². The lowest BCUT2D eigenvalue weighted by molar-refractivity contribution is -0.167. The molecule has 470 valence electrons. The van der Waals surface area contributed by atoms with E-state index in [4.69, 9.17) is 14.2 Å². The number of hydrogen-bond donors (Lipinski definition) is 0. The van der Waals surface area contributed by atoms with Gasteiger partial charge in [0.25, 0.3) is 0 Å². The minimum absolute atomic E-state index is 0.0852. The monoisotopic (exact) mass is 1140 g/mol. The van der Waals surface area contributed by atoms with Gasteiger partial charge >= 0.3 is 17.9 Å². The van der Waals surface area contributed by atoms with Crippen LogP contribution in [0.4, 0.5) is 0 Å². The third kappa shape index (κ3) is 66.9. The molecule has 0 radical (unpaired) electrons. The molecular weight excluding hydrogens is 1010 g/mol. The van der Waals surface area contributed by atoms with Crippen LogP contribution in [-0.4, -0.2) is 37.2 Å². The predicted octanol–water partition coefficient (Wildman–Crippen LogP) is 24.2. The Bertz CT molecular complexity index is 1640.